The minimum absolute atomic E-state index is 0.115. The van der Waals surface area contributed by atoms with Crippen molar-refractivity contribution >= 4 is 11.9 Å². The molecule has 7 heteroatoms. The number of amides is 1. The van der Waals surface area contributed by atoms with E-state index in [-0.39, 0.29) is 5.69 Å². The molecule has 0 fully saturated rings. The molecule has 0 aliphatic carbocycles. The van der Waals surface area contributed by atoms with Gasteiger partial charge in [-0.05, 0) is 12.0 Å². The van der Waals surface area contributed by atoms with Gasteiger partial charge in [-0.3, -0.25) is 4.79 Å². The van der Waals surface area contributed by atoms with Gasteiger partial charge in [0, 0.05) is 0 Å². The number of aliphatic carboxylic acids is 1. The molecule has 7 nitrogen and oxygen atoms in total. The molecule has 1 aromatic carbocycles. The maximum Gasteiger partial charge on any atom is 0.326 e. The molecule has 0 saturated heterocycles. The second-order valence-electron chi connectivity index (χ2n) is 5.29. The number of carboxylic acids is 1. The quantitative estimate of drug-likeness (QED) is 0.772. The number of carboxylic acid groups (broad SMARTS) is 1. The molecule has 1 amide bonds. The molecule has 0 saturated carbocycles. The number of nitrogens with one attached hydrogen (secondary N) is 1. The Morgan fingerprint density at radius 3 is 2.70 bits per heavy atom. The third kappa shape index (κ3) is 4.91. The molecule has 0 aliphatic heterocycles. The van der Waals surface area contributed by atoms with E-state index in [2.05, 4.69) is 15.6 Å². The topological polar surface area (TPSA) is 97.1 Å². The smallest absolute Gasteiger partial charge is 0.326 e. The van der Waals surface area contributed by atoms with Crippen LogP contribution in [0.25, 0.3) is 0 Å². The molecule has 1 atom stereocenters. The zero-order valence-electron chi connectivity index (χ0n) is 13.0. The van der Waals surface area contributed by atoms with Gasteiger partial charge >= 0.3 is 5.97 Å². The lowest BCUT2D eigenvalue weighted by atomic mass is 10.1. The first-order chi connectivity index (χ1) is 11.1. The first-order valence-corrected chi connectivity index (χ1v) is 7.58. The zero-order valence-corrected chi connectivity index (χ0v) is 13.0. The number of hydrogen-bond acceptors (Lipinski definition) is 4. The summed E-state index contributed by atoms with van der Waals surface area (Å²) < 4.78 is 1.55. The number of unbranched alkanes of at least 4 members (excludes halogenated alkanes) is 1. The van der Waals surface area contributed by atoms with Crippen LogP contribution in [-0.4, -0.2) is 38.0 Å². The van der Waals surface area contributed by atoms with Crippen molar-refractivity contribution in [1.82, 2.24) is 20.3 Å². The lowest BCUT2D eigenvalue weighted by Crippen LogP contribution is -2.40. The van der Waals surface area contributed by atoms with Crippen LogP contribution in [0.5, 0.6) is 0 Å². The highest BCUT2D eigenvalue weighted by atomic mass is 16.4. The summed E-state index contributed by atoms with van der Waals surface area (Å²) in [5.41, 5.74) is 1.15. The largest absolute Gasteiger partial charge is 0.480 e. The Balaban J connectivity index is 1.98. The van der Waals surface area contributed by atoms with E-state index in [9.17, 15) is 9.59 Å². The highest BCUT2D eigenvalue weighted by Crippen LogP contribution is 2.05. The fourth-order valence-corrected chi connectivity index (χ4v) is 2.15. The normalized spacial score (nSPS) is 11.9. The Hall–Kier alpha value is -2.70. The van der Waals surface area contributed by atoms with Gasteiger partial charge in [-0.2, -0.15) is 0 Å². The van der Waals surface area contributed by atoms with E-state index in [1.54, 1.807) is 4.68 Å². The second-order valence-corrected chi connectivity index (χ2v) is 5.29. The summed E-state index contributed by atoms with van der Waals surface area (Å²) in [5.74, 6) is -1.56. The van der Waals surface area contributed by atoms with Crippen LogP contribution in [0.15, 0.2) is 36.5 Å². The summed E-state index contributed by atoms with van der Waals surface area (Å²) in [6, 6.07) is 8.77. The van der Waals surface area contributed by atoms with Crippen molar-refractivity contribution in [2.75, 3.05) is 0 Å². The molecule has 0 unspecified atom stereocenters. The van der Waals surface area contributed by atoms with Crippen molar-refractivity contribution in [3.63, 3.8) is 0 Å². The van der Waals surface area contributed by atoms with Crippen LogP contribution in [0.4, 0.5) is 0 Å². The van der Waals surface area contributed by atoms with Gasteiger partial charge in [0.1, 0.15) is 6.04 Å². The Bertz CT molecular complexity index is 654. The van der Waals surface area contributed by atoms with Crippen LogP contribution in [0, 0.1) is 0 Å². The fourth-order valence-electron chi connectivity index (χ4n) is 2.15. The minimum Gasteiger partial charge on any atom is -0.480 e. The maximum absolute atomic E-state index is 12.1. The Kier molecular flexibility index (Phi) is 5.85. The molecule has 0 aliphatic rings. The number of benzene rings is 1. The third-order valence-electron chi connectivity index (χ3n) is 3.41. The van der Waals surface area contributed by atoms with Crippen LogP contribution >= 0.6 is 0 Å². The average molecular weight is 316 g/mol. The van der Waals surface area contributed by atoms with E-state index in [1.165, 1.54) is 6.20 Å². The van der Waals surface area contributed by atoms with E-state index in [1.807, 2.05) is 37.3 Å². The van der Waals surface area contributed by atoms with Gasteiger partial charge < -0.3 is 10.4 Å². The minimum atomic E-state index is -1.04. The predicted molar refractivity (Wildman–Crippen MR) is 84.0 cm³/mol. The first-order valence-electron chi connectivity index (χ1n) is 7.58. The fraction of sp³-hybridized carbons (Fsp3) is 0.375. The Labute approximate surface area is 134 Å². The van der Waals surface area contributed by atoms with Crippen molar-refractivity contribution < 1.29 is 14.7 Å². The SMILES string of the molecule is CCCC[C@H](NC(=O)c1cn(Cc2ccccc2)nn1)C(=O)O. The highest BCUT2D eigenvalue weighted by molar-refractivity contribution is 5.94. The molecule has 23 heavy (non-hydrogen) atoms. The number of carbonyl (C=O) groups excluding carboxylic acids is 1. The third-order valence-corrected chi connectivity index (χ3v) is 3.41. The van der Waals surface area contributed by atoms with Gasteiger partial charge in [0.05, 0.1) is 12.7 Å². The van der Waals surface area contributed by atoms with Crippen molar-refractivity contribution in [3.8, 4) is 0 Å². The number of nitrogens with zero attached hydrogens (tertiary/aromatic N) is 3. The van der Waals surface area contributed by atoms with E-state index >= 15 is 0 Å². The summed E-state index contributed by atoms with van der Waals surface area (Å²) >= 11 is 0. The van der Waals surface area contributed by atoms with Gasteiger partial charge in [-0.1, -0.05) is 55.3 Å². The van der Waals surface area contributed by atoms with E-state index in [0.717, 1.165) is 18.4 Å². The first kappa shape index (κ1) is 16.7. The van der Waals surface area contributed by atoms with Crippen LogP contribution in [-0.2, 0) is 11.3 Å². The summed E-state index contributed by atoms with van der Waals surface area (Å²) in [7, 11) is 0. The standard InChI is InChI=1S/C16H20N4O3/c1-2-3-9-13(16(22)23)17-15(21)14-11-20(19-18-14)10-12-7-5-4-6-8-12/h4-8,11,13H,2-3,9-10H2,1H3,(H,17,21)(H,22,23)/t13-/m0/s1. The lowest BCUT2D eigenvalue weighted by Gasteiger charge is -2.12. The molecule has 0 spiro atoms. The molecule has 0 bridgehead atoms. The van der Waals surface area contributed by atoms with Gasteiger partial charge in [-0.25, -0.2) is 9.48 Å². The number of hydrogen-bond donors (Lipinski definition) is 2. The maximum atomic E-state index is 12.1. The van der Waals surface area contributed by atoms with Crippen LogP contribution < -0.4 is 5.32 Å². The van der Waals surface area contributed by atoms with Crippen molar-refractivity contribution in [2.24, 2.45) is 0 Å². The average Bonchev–Trinajstić information content (AvgIpc) is 3.00. The van der Waals surface area contributed by atoms with Crippen molar-refractivity contribution in [2.45, 2.75) is 38.8 Å². The number of rotatable bonds is 8. The van der Waals surface area contributed by atoms with Gasteiger partial charge in [0.25, 0.3) is 5.91 Å². The van der Waals surface area contributed by atoms with Crippen LogP contribution in [0.2, 0.25) is 0 Å². The predicted octanol–water partition coefficient (Wildman–Crippen LogP) is 1.70. The molecule has 1 heterocycles. The molecule has 2 aromatic rings. The molecular weight excluding hydrogens is 296 g/mol. The Morgan fingerprint density at radius 1 is 1.30 bits per heavy atom. The van der Waals surface area contributed by atoms with Gasteiger partial charge in [-0.15, -0.1) is 5.10 Å². The molecular formula is C16H20N4O3. The van der Waals surface area contributed by atoms with E-state index in [0.29, 0.717) is 13.0 Å². The number of carbonyl (C=O) groups is 2. The van der Waals surface area contributed by atoms with Gasteiger partial charge in [0.15, 0.2) is 5.69 Å². The summed E-state index contributed by atoms with van der Waals surface area (Å²) in [4.78, 5) is 23.3. The second kappa shape index (κ2) is 8.07. The lowest BCUT2D eigenvalue weighted by molar-refractivity contribution is -0.139. The zero-order chi connectivity index (χ0) is 16.7. The number of aromatic nitrogens is 3. The summed E-state index contributed by atoms with van der Waals surface area (Å²) in [6.07, 6.45) is 3.52. The molecule has 0 radical (unpaired) electrons. The summed E-state index contributed by atoms with van der Waals surface area (Å²) in [6.45, 7) is 2.47. The van der Waals surface area contributed by atoms with E-state index < -0.39 is 17.9 Å². The molecule has 122 valence electrons. The van der Waals surface area contributed by atoms with Crippen molar-refractivity contribution in [1.29, 1.82) is 0 Å². The van der Waals surface area contributed by atoms with E-state index in [4.69, 9.17) is 5.11 Å². The van der Waals surface area contributed by atoms with Crippen LogP contribution in [0.1, 0.15) is 42.2 Å². The monoisotopic (exact) mass is 316 g/mol. The molecule has 1 aromatic heterocycles. The summed E-state index contributed by atoms with van der Waals surface area (Å²) in [5, 5.41) is 19.3. The van der Waals surface area contributed by atoms with Crippen molar-refractivity contribution in [3.05, 3.63) is 47.8 Å². The molecule has 2 rings (SSSR count). The highest BCUT2D eigenvalue weighted by Gasteiger charge is 2.21. The molecule has 2 N–H and O–H groups in total. The van der Waals surface area contributed by atoms with Crippen LogP contribution in [0.3, 0.4) is 0 Å². The van der Waals surface area contributed by atoms with Gasteiger partial charge in [0.2, 0.25) is 0 Å². The Morgan fingerprint density at radius 2 is 2.04 bits per heavy atom.